The average Bonchev–Trinajstić information content (AvgIpc) is 2.52. The molecule has 2 aromatic rings. The van der Waals surface area contributed by atoms with Crippen LogP contribution >= 0.6 is 23.2 Å². The van der Waals surface area contributed by atoms with E-state index in [9.17, 15) is 9.59 Å². The molecule has 0 heterocycles. The van der Waals surface area contributed by atoms with E-state index in [1.165, 1.54) is 6.92 Å². The van der Waals surface area contributed by atoms with Crippen LogP contribution in [0.25, 0.3) is 0 Å². The Hall–Kier alpha value is -1.84. The summed E-state index contributed by atoms with van der Waals surface area (Å²) in [5.41, 5.74) is 2.44. The summed E-state index contributed by atoms with van der Waals surface area (Å²) in [5, 5.41) is 0.940. The number of halogens is 2. The summed E-state index contributed by atoms with van der Waals surface area (Å²) in [7, 11) is 0. The van der Waals surface area contributed by atoms with Crippen LogP contribution in [-0.2, 0) is 9.53 Å². The van der Waals surface area contributed by atoms with Gasteiger partial charge in [-0.15, -0.1) is 0 Å². The van der Waals surface area contributed by atoms with Crippen LogP contribution in [-0.4, -0.2) is 17.9 Å². The van der Waals surface area contributed by atoms with Gasteiger partial charge in [0, 0.05) is 24.8 Å². The molecule has 0 saturated carbocycles. The fourth-order valence-corrected chi connectivity index (χ4v) is 3.30. The lowest BCUT2D eigenvalue weighted by atomic mass is 9.77. The molecule has 3 nitrogen and oxygen atoms in total. The molecule has 0 bridgehead atoms. The topological polar surface area (TPSA) is 43.4 Å². The highest BCUT2D eigenvalue weighted by atomic mass is 35.5. The van der Waals surface area contributed by atoms with E-state index in [0.717, 1.165) is 11.1 Å². The SMILES string of the molecule is CC(=O)OC1C[C@@H](c2ccc(Cl)c(Cl)c2)c2ccccc2C1=O. The van der Waals surface area contributed by atoms with Crippen LogP contribution in [0, 0.1) is 0 Å². The monoisotopic (exact) mass is 348 g/mol. The van der Waals surface area contributed by atoms with Gasteiger partial charge < -0.3 is 4.74 Å². The Labute approximate surface area is 144 Å². The first-order valence-electron chi connectivity index (χ1n) is 7.22. The first-order valence-corrected chi connectivity index (χ1v) is 7.98. The third-order valence-corrected chi connectivity index (χ3v) is 4.74. The van der Waals surface area contributed by atoms with Crippen LogP contribution in [0.3, 0.4) is 0 Å². The number of carbonyl (C=O) groups excluding carboxylic acids is 2. The summed E-state index contributed by atoms with van der Waals surface area (Å²) in [6.07, 6.45) is -0.380. The van der Waals surface area contributed by atoms with Crippen molar-refractivity contribution in [1.29, 1.82) is 0 Å². The molecule has 0 aromatic heterocycles. The molecule has 1 aliphatic carbocycles. The van der Waals surface area contributed by atoms with E-state index in [1.54, 1.807) is 24.3 Å². The molecule has 2 aromatic carbocycles. The minimum atomic E-state index is -0.776. The highest BCUT2D eigenvalue weighted by Crippen LogP contribution is 2.39. The molecule has 1 unspecified atom stereocenters. The number of hydrogen-bond donors (Lipinski definition) is 0. The fourth-order valence-electron chi connectivity index (χ4n) is 2.99. The Morgan fingerprint density at radius 1 is 1.13 bits per heavy atom. The lowest BCUT2D eigenvalue weighted by Crippen LogP contribution is -2.34. The molecule has 0 spiro atoms. The maximum atomic E-state index is 12.5. The lowest BCUT2D eigenvalue weighted by Gasteiger charge is -2.30. The van der Waals surface area contributed by atoms with E-state index in [0.29, 0.717) is 22.0 Å². The second-order valence-corrected chi connectivity index (χ2v) is 6.33. The van der Waals surface area contributed by atoms with Crippen molar-refractivity contribution >= 4 is 35.0 Å². The number of hydrogen-bond acceptors (Lipinski definition) is 3. The Balaban J connectivity index is 2.08. The van der Waals surface area contributed by atoms with Crippen molar-refractivity contribution < 1.29 is 14.3 Å². The predicted octanol–water partition coefficient (Wildman–Crippen LogP) is 4.64. The highest BCUT2D eigenvalue weighted by molar-refractivity contribution is 6.42. The number of ether oxygens (including phenoxy) is 1. The van der Waals surface area contributed by atoms with Gasteiger partial charge in [-0.2, -0.15) is 0 Å². The maximum Gasteiger partial charge on any atom is 0.303 e. The zero-order valence-electron chi connectivity index (χ0n) is 12.4. The molecule has 0 N–H and O–H groups in total. The van der Waals surface area contributed by atoms with E-state index in [1.807, 2.05) is 18.2 Å². The summed E-state index contributed by atoms with van der Waals surface area (Å²) < 4.78 is 5.22. The second-order valence-electron chi connectivity index (χ2n) is 5.51. The van der Waals surface area contributed by atoms with Gasteiger partial charge >= 0.3 is 5.97 Å². The quantitative estimate of drug-likeness (QED) is 0.742. The summed E-state index contributed by atoms with van der Waals surface area (Å²) in [5.74, 6) is -0.703. The Kier molecular flexibility index (Phi) is 4.42. The van der Waals surface area contributed by atoms with Crippen molar-refractivity contribution in [3.8, 4) is 0 Å². The molecule has 0 aliphatic heterocycles. The Morgan fingerprint density at radius 2 is 1.87 bits per heavy atom. The number of Topliss-reactive ketones (excluding diaryl/α,β-unsaturated/α-hetero) is 1. The zero-order chi connectivity index (χ0) is 16.6. The molecule has 5 heteroatoms. The van der Waals surface area contributed by atoms with Crippen molar-refractivity contribution in [2.45, 2.75) is 25.4 Å². The number of ketones is 1. The van der Waals surface area contributed by atoms with Gasteiger partial charge in [0.2, 0.25) is 5.78 Å². The number of carbonyl (C=O) groups is 2. The molecule has 0 saturated heterocycles. The molecule has 3 rings (SSSR count). The lowest BCUT2D eigenvalue weighted by molar-refractivity contribution is -0.144. The van der Waals surface area contributed by atoms with Gasteiger partial charge in [0.1, 0.15) is 0 Å². The van der Waals surface area contributed by atoms with Crippen molar-refractivity contribution in [2.75, 3.05) is 0 Å². The molecule has 1 aliphatic rings. The normalized spacial score (nSPS) is 20.0. The molecular weight excluding hydrogens is 335 g/mol. The van der Waals surface area contributed by atoms with Crippen molar-refractivity contribution in [3.05, 3.63) is 69.2 Å². The van der Waals surface area contributed by atoms with Gasteiger partial charge in [0.05, 0.1) is 10.0 Å². The molecule has 23 heavy (non-hydrogen) atoms. The smallest absolute Gasteiger partial charge is 0.303 e. The van der Waals surface area contributed by atoms with Crippen LogP contribution in [0.5, 0.6) is 0 Å². The summed E-state index contributed by atoms with van der Waals surface area (Å²) in [6, 6.07) is 12.8. The summed E-state index contributed by atoms with van der Waals surface area (Å²) in [4.78, 5) is 23.8. The highest BCUT2D eigenvalue weighted by Gasteiger charge is 2.36. The molecule has 0 radical (unpaired) electrons. The minimum Gasteiger partial charge on any atom is -0.454 e. The van der Waals surface area contributed by atoms with E-state index in [-0.39, 0.29) is 11.7 Å². The van der Waals surface area contributed by atoms with Crippen LogP contribution in [0.1, 0.15) is 40.7 Å². The van der Waals surface area contributed by atoms with Gasteiger partial charge in [-0.25, -0.2) is 0 Å². The standard InChI is InChI=1S/C18H14Cl2O3/c1-10(21)23-17-9-14(11-6-7-15(19)16(20)8-11)12-4-2-3-5-13(12)18(17)22/h2-8,14,17H,9H2,1H3/t14-,17?/m0/s1. The maximum absolute atomic E-state index is 12.5. The van der Waals surface area contributed by atoms with Crippen molar-refractivity contribution in [1.82, 2.24) is 0 Å². The fraction of sp³-hybridized carbons (Fsp3) is 0.222. The van der Waals surface area contributed by atoms with Gasteiger partial charge in [0.25, 0.3) is 0 Å². The summed E-state index contributed by atoms with van der Waals surface area (Å²) in [6.45, 7) is 1.31. The molecule has 0 fully saturated rings. The second kappa shape index (κ2) is 6.34. The Bertz CT molecular complexity index is 786. The Morgan fingerprint density at radius 3 is 2.57 bits per heavy atom. The van der Waals surface area contributed by atoms with Gasteiger partial charge in [-0.1, -0.05) is 53.5 Å². The van der Waals surface area contributed by atoms with Crippen molar-refractivity contribution in [3.63, 3.8) is 0 Å². The number of fused-ring (bicyclic) bond motifs is 1. The predicted molar refractivity (Wildman–Crippen MR) is 89.2 cm³/mol. The summed E-state index contributed by atoms with van der Waals surface area (Å²) >= 11 is 12.1. The van der Waals surface area contributed by atoms with Gasteiger partial charge in [0.15, 0.2) is 6.10 Å². The number of rotatable bonds is 2. The van der Waals surface area contributed by atoms with E-state index in [2.05, 4.69) is 0 Å². The third kappa shape index (κ3) is 3.12. The molecule has 2 atom stereocenters. The molecule has 0 amide bonds. The minimum absolute atomic E-state index is 0.0805. The van der Waals surface area contributed by atoms with E-state index >= 15 is 0 Å². The van der Waals surface area contributed by atoms with Gasteiger partial charge in [-0.3, -0.25) is 9.59 Å². The first kappa shape index (κ1) is 16.0. The van der Waals surface area contributed by atoms with E-state index in [4.69, 9.17) is 27.9 Å². The number of esters is 1. The van der Waals surface area contributed by atoms with E-state index < -0.39 is 12.1 Å². The molecular formula is C18H14Cl2O3. The van der Waals surface area contributed by atoms with Gasteiger partial charge in [-0.05, 0) is 23.3 Å². The zero-order valence-corrected chi connectivity index (χ0v) is 13.9. The average molecular weight is 349 g/mol. The number of benzene rings is 2. The van der Waals surface area contributed by atoms with Crippen LogP contribution in [0.4, 0.5) is 0 Å². The third-order valence-electron chi connectivity index (χ3n) is 4.00. The van der Waals surface area contributed by atoms with Crippen LogP contribution in [0.2, 0.25) is 10.0 Å². The largest absolute Gasteiger partial charge is 0.454 e. The van der Waals surface area contributed by atoms with Crippen LogP contribution in [0.15, 0.2) is 42.5 Å². The van der Waals surface area contributed by atoms with Crippen molar-refractivity contribution in [2.24, 2.45) is 0 Å². The van der Waals surface area contributed by atoms with Crippen LogP contribution < -0.4 is 0 Å². The first-order chi connectivity index (χ1) is 11.0. The molecule has 118 valence electrons.